The van der Waals surface area contributed by atoms with E-state index < -0.39 is 0 Å². The van der Waals surface area contributed by atoms with Crippen LogP contribution in [0.1, 0.15) is 19.8 Å². The molecule has 1 aliphatic rings. The number of rotatable bonds is 5. The lowest BCUT2D eigenvalue weighted by atomic mass is 10.3. The van der Waals surface area contributed by atoms with E-state index in [9.17, 15) is 9.59 Å². The van der Waals surface area contributed by atoms with Crippen molar-refractivity contribution in [1.82, 2.24) is 14.0 Å². The summed E-state index contributed by atoms with van der Waals surface area (Å²) in [6.45, 7) is 5.66. The summed E-state index contributed by atoms with van der Waals surface area (Å²) in [6, 6.07) is 7.78. The molecule has 6 heteroatoms. The number of fused-ring (bicyclic) bond motifs is 1. The van der Waals surface area contributed by atoms with Gasteiger partial charge in [-0.15, -0.1) is 0 Å². The number of carbonyl (C=O) groups is 1. The molecule has 0 saturated carbocycles. The molecule has 0 bridgehead atoms. The Morgan fingerprint density at radius 2 is 1.70 bits per heavy atom. The van der Waals surface area contributed by atoms with Gasteiger partial charge in [0.15, 0.2) is 0 Å². The fourth-order valence-corrected chi connectivity index (χ4v) is 3.11. The molecule has 0 N–H and O–H groups in total. The molecule has 0 aliphatic carbocycles. The first-order valence-electron chi connectivity index (χ1n) is 8.26. The highest BCUT2D eigenvalue weighted by molar-refractivity contribution is 5.78. The molecule has 23 heavy (non-hydrogen) atoms. The van der Waals surface area contributed by atoms with Crippen LogP contribution >= 0.6 is 0 Å². The van der Waals surface area contributed by atoms with E-state index in [1.165, 1.54) is 0 Å². The summed E-state index contributed by atoms with van der Waals surface area (Å²) in [7, 11) is 0. The fourth-order valence-electron chi connectivity index (χ4n) is 3.11. The van der Waals surface area contributed by atoms with Crippen molar-refractivity contribution in [2.45, 2.75) is 32.9 Å². The second-order valence-corrected chi connectivity index (χ2v) is 5.82. The number of aryl methyl sites for hydroxylation is 2. The minimum Gasteiger partial charge on any atom is -0.378 e. The molecule has 3 rings (SSSR count). The largest absolute Gasteiger partial charge is 0.378 e. The van der Waals surface area contributed by atoms with Gasteiger partial charge in [-0.25, -0.2) is 4.79 Å². The van der Waals surface area contributed by atoms with Crippen molar-refractivity contribution in [3.63, 3.8) is 0 Å². The number of hydrogen-bond acceptors (Lipinski definition) is 3. The Morgan fingerprint density at radius 3 is 2.30 bits per heavy atom. The van der Waals surface area contributed by atoms with Crippen molar-refractivity contribution in [2.24, 2.45) is 0 Å². The first kappa shape index (κ1) is 15.8. The van der Waals surface area contributed by atoms with Crippen molar-refractivity contribution in [3.05, 3.63) is 34.7 Å². The summed E-state index contributed by atoms with van der Waals surface area (Å²) in [5.41, 5.74) is 1.82. The first-order chi connectivity index (χ1) is 11.2. The van der Waals surface area contributed by atoms with E-state index in [1.54, 1.807) is 9.13 Å². The third-order valence-electron chi connectivity index (χ3n) is 4.29. The fraction of sp³-hybridized carbons (Fsp3) is 0.529. The van der Waals surface area contributed by atoms with Gasteiger partial charge in [-0.3, -0.25) is 13.9 Å². The zero-order valence-electron chi connectivity index (χ0n) is 13.5. The molecule has 1 aromatic heterocycles. The number of carbonyl (C=O) groups excluding carboxylic acids is 1. The zero-order chi connectivity index (χ0) is 16.2. The van der Waals surface area contributed by atoms with Gasteiger partial charge in [0.25, 0.3) is 0 Å². The maximum Gasteiger partial charge on any atom is 0.329 e. The van der Waals surface area contributed by atoms with Crippen molar-refractivity contribution in [2.75, 3.05) is 26.3 Å². The van der Waals surface area contributed by atoms with Crippen molar-refractivity contribution in [1.29, 1.82) is 0 Å². The Balaban J connectivity index is 1.81. The number of para-hydroxylation sites is 2. The summed E-state index contributed by atoms with van der Waals surface area (Å²) in [5.74, 6) is 0.0903. The molecule has 1 aliphatic heterocycles. The lowest BCUT2D eigenvalue weighted by Crippen LogP contribution is -2.41. The summed E-state index contributed by atoms with van der Waals surface area (Å²) < 4.78 is 8.79. The lowest BCUT2D eigenvalue weighted by Gasteiger charge is -2.26. The lowest BCUT2D eigenvalue weighted by molar-refractivity contribution is -0.135. The van der Waals surface area contributed by atoms with E-state index in [2.05, 4.69) is 6.92 Å². The average Bonchev–Trinajstić information content (AvgIpc) is 2.86. The van der Waals surface area contributed by atoms with Gasteiger partial charge in [-0.1, -0.05) is 19.1 Å². The number of morpholine rings is 1. The summed E-state index contributed by atoms with van der Waals surface area (Å²) in [5, 5.41) is 0. The summed E-state index contributed by atoms with van der Waals surface area (Å²) in [4.78, 5) is 26.8. The van der Waals surface area contributed by atoms with Gasteiger partial charge in [-0.05, 0) is 18.6 Å². The quantitative estimate of drug-likeness (QED) is 0.839. The maximum atomic E-state index is 12.6. The molecule has 6 nitrogen and oxygen atoms in total. The molecule has 2 aromatic rings. The molecule has 1 fully saturated rings. The van der Waals surface area contributed by atoms with E-state index in [1.807, 2.05) is 29.2 Å². The van der Waals surface area contributed by atoms with Gasteiger partial charge in [-0.2, -0.15) is 0 Å². The third-order valence-corrected chi connectivity index (χ3v) is 4.29. The van der Waals surface area contributed by atoms with Crippen LogP contribution in [0.25, 0.3) is 11.0 Å². The monoisotopic (exact) mass is 317 g/mol. The highest BCUT2D eigenvalue weighted by atomic mass is 16.5. The summed E-state index contributed by atoms with van der Waals surface area (Å²) in [6.07, 6.45) is 1.25. The maximum absolute atomic E-state index is 12.6. The van der Waals surface area contributed by atoms with E-state index >= 15 is 0 Å². The van der Waals surface area contributed by atoms with Crippen molar-refractivity contribution in [3.8, 4) is 0 Å². The van der Waals surface area contributed by atoms with Crippen molar-refractivity contribution >= 4 is 16.9 Å². The molecule has 0 radical (unpaired) electrons. The van der Waals surface area contributed by atoms with E-state index in [4.69, 9.17) is 4.74 Å². The Labute approximate surface area is 135 Å². The van der Waals surface area contributed by atoms with Gasteiger partial charge in [0, 0.05) is 32.6 Å². The summed E-state index contributed by atoms with van der Waals surface area (Å²) >= 11 is 0. The third kappa shape index (κ3) is 3.17. The highest BCUT2D eigenvalue weighted by Crippen LogP contribution is 2.14. The van der Waals surface area contributed by atoms with Crippen LogP contribution in [0.5, 0.6) is 0 Å². The van der Waals surface area contributed by atoms with Crippen LogP contribution in [0.4, 0.5) is 0 Å². The number of aromatic nitrogens is 2. The molecule has 1 amide bonds. The minimum absolute atomic E-state index is 0.0252. The molecule has 0 atom stereocenters. The Bertz CT molecular complexity index is 741. The second kappa shape index (κ2) is 7.00. The molecule has 1 saturated heterocycles. The van der Waals surface area contributed by atoms with E-state index in [-0.39, 0.29) is 11.6 Å². The van der Waals surface area contributed by atoms with Crippen molar-refractivity contribution < 1.29 is 9.53 Å². The molecular formula is C17H23N3O3. The number of ether oxygens (including phenoxy) is 1. The van der Waals surface area contributed by atoms with Crippen LogP contribution in [-0.2, 0) is 22.6 Å². The van der Waals surface area contributed by atoms with Crippen LogP contribution in [-0.4, -0.2) is 46.2 Å². The van der Waals surface area contributed by atoms with Crippen LogP contribution in [0.2, 0.25) is 0 Å². The smallest absolute Gasteiger partial charge is 0.329 e. The zero-order valence-corrected chi connectivity index (χ0v) is 13.5. The molecular weight excluding hydrogens is 294 g/mol. The van der Waals surface area contributed by atoms with E-state index in [0.717, 1.165) is 17.5 Å². The number of amides is 1. The topological polar surface area (TPSA) is 56.5 Å². The molecule has 1 aromatic carbocycles. The SMILES string of the molecule is CCCn1c(=O)n(CCC(=O)N2CCOCC2)c2ccccc21. The average molecular weight is 317 g/mol. The molecule has 2 heterocycles. The second-order valence-electron chi connectivity index (χ2n) is 5.82. The molecule has 124 valence electrons. The van der Waals surface area contributed by atoms with Crippen LogP contribution in [0.3, 0.4) is 0 Å². The Kier molecular flexibility index (Phi) is 4.81. The Morgan fingerprint density at radius 1 is 1.09 bits per heavy atom. The predicted octanol–water partition coefficient (Wildman–Crippen LogP) is 1.46. The van der Waals surface area contributed by atoms with Gasteiger partial charge in [0.05, 0.1) is 24.2 Å². The normalized spacial score (nSPS) is 15.3. The molecule has 0 spiro atoms. The minimum atomic E-state index is -0.0252. The van der Waals surface area contributed by atoms with Crippen LogP contribution in [0, 0.1) is 0 Å². The number of hydrogen-bond donors (Lipinski definition) is 0. The number of benzene rings is 1. The van der Waals surface area contributed by atoms with Crippen LogP contribution in [0.15, 0.2) is 29.1 Å². The molecule has 0 unspecified atom stereocenters. The van der Waals surface area contributed by atoms with Gasteiger partial charge in [0.2, 0.25) is 5.91 Å². The standard InChI is InChI=1S/C17H23N3O3/c1-2-8-19-14-5-3-4-6-15(14)20(17(19)22)9-7-16(21)18-10-12-23-13-11-18/h3-6H,2,7-13H2,1H3. The first-order valence-corrected chi connectivity index (χ1v) is 8.26. The number of nitrogens with zero attached hydrogens (tertiary/aromatic N) is 3. The van der Waals surface area contributed by atoms with Gasteiger partial charge in [0.1, 0.15) is 0 Å². The van der Waals surface area contributed by atoms with Gasteiger partial charge < -0.3 is 9.64 Å². The number of imidazole rings is 1. The highest BCUT2D eigenvalue weighted by Gasteiger charge is 2.18. The predicted molar refractivity (Wildman–Crippen MR) is 88.5 cm³/mol. The Hall–Kier alpha value is -2.08. The van der Waals surface area contributed by atoms with E-state index in [0.29, 0.717) is 45.8 Å². The van der Waals surface area contributed by atoms with Gasteiger partial charge >= 0.3 is 5.69 Å². The van der Waals surface area contributed by atoms with Crippen LogP contribution < -0.4 is 5.69 Å².